The summed E-state index contributed by atoms with van der Waals surface area (Å²) in [4.78, 5) is 38.4. The van der Waals surface area contributed by atoms with Gasteiger partial charge in [-0.05, 0) is 96.3 Å². The maximum absolute atomic E-state index is 12.9. The van der Waals surface area contributed by atoms with Crippen molar-refractivity contribution < 1.29 is 28.6 Å². The van der Waals surface area contributed by atoms with Crippen LogP contribution in [0.1, 0.15) is 387 Å². The van der Waals surface area contributed by atoms with E-state index in [0.29, 0.717) is 19.3 Å². The highest BCUT2D eigenvalue weighted by atomic mass is 16.6. The molecule has 0 fully saturated rings. The maximum Gasteiger partial charge on any atom is 0.306 e. The fourth-order valence-electron chi connectivity index (χ4n) is 10.5. The second-order valence-corrected chi connectivity index (χ2v) is 23.8. The molecule has 0 aliphatic rings. The number of rotatable bonds is 65. The molecule has 1 atom stereocenters. The molecular weight excluding hydrogens is 961 g/mol. The van der Waals surface area contributed by atoms with Crippen LogP contribution in [0.5, 0.6) is 0 Å². The molecule has 6 heteroatoms. The molecule has 0 aromatic rings. The molecule has 0 amide bonds. The van der Waals surface area contributed by atoms with Gasteiger partial charge in [0.05, 0.1) is 0 Å². The Morgan fingerprint density at radius 2 is 0.423 bits per heavy atom. The van der Waals surface area contributed by atoms with Gasteiger partial charge in [-0.3, -0.25) is 14.4 Å². The summed E-state index contributed by atoms with van der Waals surface area (Å²) in [5.41, 5.74) is 0. The first kappa shape index (κ1) is 75.6. The number of hydrogen-bond acceptors (Lipinski definition) is 6. The minimum absolute atomic E-state index is 0.0716. The predicted octanol–water partition coefficient (Wildman–Crippen LogP) is 23.9. The van der Waals surface area contributed by atoms with E-state index in [1.54, 1.807) is 0 Å². The molecule has 0 rings (SSSR count). The van der Waals surface area contributed by atoms with Gasteiger partial charge in [0.15, 0.2) is 6.10 Å². The summed E-state index contributed by atoms with van der Waals surface area (Å²) in [6.45, 7) is 6.67. The van der Waals surface area contributed by atoms with E-state index in [1.165, 1.54) is 283 Å². The zero-order chi connectivity index (χ0) is 56.4. The van der Waals surface area contributed by atoms with Gasteiger partial charge in [0, 0.05) is 19.3 Å². The normalized spacial score (nSPS) is 12.2. The predicted molar refractivity (Wildman–Crippen MR) is 339 cm³/mol. The number of allylic oxidation sites excluding steroid dienone is 6. The molecule has 458 valence electrons. The summed E-state index contributed by atoms with van der Waals surface area (Å²) in [6.07, 6.45) is 83.2. The topological polar surface area (TPSA) is 78.9 Å². The Labute approximate surface area is 486 Å². The van der Waals surface area contributed by atoms with E-state index in [2.05, 4.69) is 57.2 Å². The van der Waals surface area contributed by atoms with E-state index in [0.717, 1.165) is 64.2 Å². The Hall–Kier alpha value is -2.37. The molecule has 0 aliphatic heterocycles. The first-order valence-corrected chi connectivity index (χ1v) is 35.0. The van der Waals surface area contributed by atoms with Gasteiger partial charge in [0.1, 0.15) is 13.2 Å². The van der Waals surface area contributed by atoms with Gasteiger partial charge in [-0.2, -0.15) is 0 Å². The third-order valence-corrected chi connectivity index (χ3v) is 15.8. The first-order valence-electron chi connectivity index (χ1n) is 35.0. The van der Waals surface area contributed by atoms with Crippen molar-refractivity contribution in [3.63, 3.8) is 0 Å². The van der Waals surface area contributed by atoms with Crippen LogP contribution >= 0.6 is 0 Å². The number of esters is 3. The van der Waals surface area contributed by atoms with Crippen LogP contribution < -0.4 is 0 Å². The van der Waals surface area contributed by atoms with Gasteiger partial charge >= 0.3 is 17.9 Å². The van der Waals surface area contributed by atoms with Crippen LogP contribution in [0.15, 0.2) is 36.5 Å². The first-order chi connectivity index (χ1) is 38.5. The van der Waals surface area contributed by atoms with Crippen molar-refractivity contribution in [3.05, 3.63) is 36.5 Å². The Morgan fingerprint density at radius 3 is 0.667 bits per heavy atom. The van der Waals surface area contributed by atoms with E-state index in [1.807, 2.05) is 0 Å². The molecule has 0 bridgehead atoms. The molecule has 78 heavy (non-hydrogen) atoms. The standard InChI is InChI=1S/C72H134O6/c1-4-7-10-13-16-19-22-25-27-29-31-33-34-35-36-37-38-40-41-43-45-47-50-53-56-59-62-65-71(74)77-68-69(67-76-70(73)64-61-58-55-52-49-24-21-18-15-12-9-6-3)78-72(75)66-63-60-57-54-51-48-46-44-42-39-32-30-28-26-23-20-17-14-11-8-5-2/h18,21,29-32,69H,4-17,19-20,22-28,33-68H2,1-3H3/b21-18-,31-29-,32-30-. The lowest BCUT2D eigenvalue weighted by Crippen LogP contribution is -2.30. The smallest absolute Gasteiger partial charge is 0.306 e. The van der Waals surface area contributed by atoms with E-state index in [9.17, 15) is 14.4 Å². The minimum atomic E-state index is -0.775. The van der Waals surface area contributed by atoms with Crippen LogP contribution in [0.25, 0.3) is 0 Å². The third-order valence-electron chi connectivity index (χ3n) is 15.8. The molecule has 0 saturated carbocycles. The number of ether oxygens (including phenoxy) is 3. The second kappa shape index (κ2) is 67.1. The highest BCUT2D eigenvalue weighted by molar-refractivity contribution is 5.71. The number of carbonyl (C=O) groups excluding carboxylic acids is 3. The molecule has 0 aliphatic carbocycles. The van der Waals surface area contributed by atoms with Crippen LogP contribution in [0, 0.1) is 0 Å². The summed E-state index contributed by atoms with van der Waals surface area (Å²) >= 11 is 0. The van der Waals surface area contributed by atoms with E-state index in [-0.39, 0.29) is 31.1 Å². The van der Waals surface area contributed by atoms with Crippen LogP contribution in [0.4, 0.5) is 0 Å². The molecule has 0 spiro atoms. The summed E-state index contributed by atoms with van der Waals surface area (Å²) in [5, 5.41) is 0. The van der Waals surface area contributed by atoms with Crippen molar-refractivity contribution in [2.45, 2.75) is 393 Å². The lowest BCUT2D eigenvalue weighted by Gasteiger charge is -2.18. The molecule has 0 radical (unpaired) electrons. The Morgan fingerprint density at radius 1 is 0.244 bits per heavy atom. The second-order valence-electron chi connectivity index (χ2n) is 23.8. The largest absolute Gasteiger partial charge is 0.462 e. The fraction of sp³-hybridized carbons (Fsp3) is 0.875. The third kappa shape index (κ3) is 64.5. The summed E-state index contributed by atoms with van der Waals surface area (Å²) in [5.74, 6) is -0.858. The maximum atomic E-state index is 12.9. The molecule has 0 saturated heterocycles. The monoisotopic (exact) mass is 1100 g/mol. The zero-order valence-electron chi connectivity index (χ0n) is 52.7. The molecule has 6 nitrogen and oxygen atoms in total. The zero-order valence-corrected chi connectivity index (χ0v) is 52.7. The van der Waals surface area contributed by atoms with Gasteiger partial charge in [-0.15, -0.1) is 0 Å². The van der Waals surface area contributed by atoms with Crippen molar-refractivity contribution >= 4 is 17.9 Å². The average Bonchev–Trinajstić information content (AvgIpc) is 3.44. The highest BCUT2D eigenvalue weighted by Crippen LogP contribution is 2.18. The Bertz CT molecular complexity index is 1300. The van der Waals surface area contributed by atoms with Crippen LogP contribution in [0.3, 0.4) is 0 Å². The Balaban J connectivity index is 4.20. The van der Waals surface area contributed by atoms with Gasteiger partial charge in [0.2, 0.25) is 0 Å². The Kier molecular flexibility index (Phi) is 65.1. The van der Waals surface area contributed by atoms with E-state index < -0.39 is 6.10 Å². The lowest BCUT2D eigenvalue weighted by atomic mass is 10.0. The SMILES string of the molecule is CCCCC/C=C\CCCCCCCC(=O)OCC(COC(=O)CCCCCCCCCCCCCCCCC/C=C\CCCCCCCCCC)OC(=O)CCCCCCCCCCC/C=C\CCCCCCCCCC. The van der Waals surface area contributed by atoms with Crippen molar-refractivity contribution in [2.24, 2.45) is 0 Å². The number of hydrogen-bond donors (Lipinski definition) is 0. The molecule has 0 aromatic carbocycles. The van der Waals surface area contributed by atoms with Gasteiger partial charge < -0.3 is 14.2 Å². The number of carbonyl (C=O) groups is 3. The number of unbranched alkanes of at least 4 members (excludes halogenated alkanes) is 48. The van der Waals surface area contributed by atoms with Crippen LogP contribution in [-0.2, 0) is 28.6 Å². The summed E-state index contributed by atoms with van der Waals surface area (Å²) < 4.78 is 17.0. The molecule has 1 unspecified atom stereocenters. The van der Waals surface area contributed by atoms with Gasteiger partial charge in [-0.25, -0.2) is 0 Å². The van der Waals surface area contributed by atoms with E-state index >= 15 is 0 Å². The van der Waals surface area contributed by atoms with Gasteiger partial charge in [-0.1, -0.05) is 308 Å². The van der Waals surface area contributed by atoms with Gasteiger partial charge in [0.25, 0.3) is 0 Å². The van der Waals surface area contributed by atoms with Crippen molar-refractivity contribution in [2.75, 3.05) is 13.2 Å². The van der Waals surface area contributed by atoms with E-state index in [4.69, 9.17) is 14.2 Å². The van der Waals surface area contributed by atoms with Crippen LogP contribution in [0.2, 0.25) is 0 Å². The van der Waals surface area contributed by atoms with Crippen molar-refractivity contribution in [1.82, 2.24) is 0 Å². The molecule has 0 N–H and O–H groups in total. The lowest BCUT2D eigenvalue weighted by molar-refractivity contribution is -0.167. The van der Waals surface area contributed by atoms with Crippen molar-refractivity contribution in [1.29, 1.82) is 0 Å². The van der Waals surface area contributed by atoms with Crippen LogP contribution in [-0.4, -0.2) is 37.2 Å². The average molecular weight is 1100 g/mol. The highest BCUT2D eigenvalue weighted by Gasteiger charge is 2.19. The fourth-order valence-corrected chi connectivity index (χ4v) is 10.5. The molecule has 0 heterocycles. The summed E-state index contributed by atoms with van der Waals surface area (Å²) in [7, 11) is 0. The quantitative estimate of drug-likeness (QED) is 0.0261. The molecular formula is C72H134O6. The minimum Gasteiger partial charge on any atom is -0.462 e. The summed E-state index contributed by atoms with van der Waals surface area (Å²) in [6, 6.07) is 0. The molecule has 0 aromatic heterocycles. The van der Waals surface area contributed by atoms with Crippen molar-refractivity contribution in [3.8, 4) is 0 Å².